The summed E-state index contributed by atoms with van der Waals surface area (Å²) < 4.78 is 7.06. The van der Waals surface area contributed by atoms with Gasteiger partial charge in [-0.3, -0.25) is 4.68 Å². The van der Waals surface area contributed by atoms with Crippen LogP contribution in [0.5, 0.6) is 0 Å². The molecular formula is C13H13ClN4OS. The zero-order valence-electron chi connectivity index (χ0n) is 11.1. The first-order valence-corrected chi connectivity index (χ1v) is 7.45. The second-order valence-corrected chi connectivity index (χ2v) is 6.03. The van der Waals surface area contributed by atoms with Crippen molar-refractivity contribution in [2.75, 3.05) is 0 Å². The molecule has 0 unspecified atom stereocenters. The van der Waals surface area contributed by atoms with Gasteiger partial charge >= 0.3 is 0 Å². The average Bonchev–Trinajstić information content (AvgIpc) is 3.10. The Kier molecular flexibility index (Phi) is 3.58. The maximum absolute atomic E-state index is 5.88. The van der Waals surface area contributed by atoms with Crippen LogP contribution in [0.4, 0.5) is 0 Å². The molecule has 0 radical (unpaired) electrons. The summed E-state index contributed by atoms with van der Waals surface area (Å²) in [5.41, 5.74) is 1.69. The van der Waals surface area contributed by atoms with Crippen molar-refractivity contribution in [3.05, 3.63) is 39.6 Å². The molecule has 20 heavy (non-hydrogen) atoms. The molecule has 0 saturated heterocycles. The molecule has 1 atom stereocenters. The van der Waals surface area contributed by atoms with Crippen LogP contribution in [-0.4, -0.2) is 19.9 Å². The van der Waals surface area contributed by atoms with E-state index in [1.54, 1.807) is 17.5 Å². The lowest BCUT2D eigenvalue weighted by Crippen LogP contribution is -2.08. The lowest BCUT2D eigenvalue weighted by atomic mass is 10.2. The second kappa shape index (κ2) is 5.38. The van der Waals surface area contributed by atoms with E-state index in [0.29, 0.717) is 10.8 Å². The van der Waals surface area contributed by atoms with Crippen LogP contribution in [0.25, 0.3) is 11.5 Å². The standard InChI is InChI=1S/C13H13ClN4OS/c1-8-3-12(19-17-8)11-7-20-13(16-11)4-9(2)18-6-10(14)5-15-18/h3,5-7,9H,4H2,1-2H3/t9-/m0/s1. The zero-order valence-corrected chi connectivity index (χ0v) is 12.6. The van der Waals surface area contributed by atoms with Gasteiger partial charge in [0, 0.05) is 24.1 Å². The molecule has 0 saturated carbocycles. The SMILES string of the molecule is Cc1cc(-c2csc(C[C@H](C)n3cc(Cl)cn3)n2)on1. The molecule has 0 aromatic carbocycles. The highest BCUT2D eigenvalue weighted by Gasteiger charge is 2.13. The minimum atomic E-state index is 0.206. The molecule has 0 N–H and O–H groups in total. The fourth-order valence-electron chi connectivity index (χ4n) is 1.90. The molecule has 3 aromatic rings. The number of nitrogens with zero attached hydrogens (tertiary/aromatic N) is 4. The first-order chi connectivity index (χ1) is 9.61. The minimum absolute atomic E-state index is 0.206. The van der Waals surface area contributed by atoms with Gasteiger partial charge in [0.15, 0.2) is 5.76 Å². The van der Waals surface area contributed by atoms with Crippen molar-refractivity contribution in [1.29, 1.82) is 0 Å². The van der Waals surface area contributed by atoms with Gasteiger partial charge in [-0.05, 0) is 13.8 Å². The van der Waals surface area contributed by atoms with Gasteiger partial charge < -0.3 is 4.52 Å². The smallest absolute Gasteiger partial charge is 0.186 e. The van der Waals surface area contributed by atoms with Crippen LogP contribution in [-0.2, 0) is 6.42 Å². The number of aromatic nitrogens is 4. The van der Waals surface area contributed by atoms with Gasteiger partial charge in [0.1, 0.15) is 5.69 Å². The summed E-state index contributed by atoms with van der Waals surface area (Å²) in [6.07, 6.45) is 4.26. The number of hydrogen-bond acceptors (Lipinski definition) is 5. The van der Waals surface area contributed by atoms with Crippen molar-refractivity contribution in [2.45, 2.75) is 26.3 Å². The highest BCUT2D eigenvalue weighted by molar-refractivity contribution is 7.09. The third-order valence-electron chi connectivity index (χ3n) is 2.92. The first-order valence-electron chi connectivity index (χ1n) is 6.19. The van der Waals surface area contributed by atoms with Crippen molar-refractivity contribution in [3.8, 4) is 11.5 Å². The molecule has 0 aliphatic heterocycles. The van der Waals surface area contributed by atoms with Crippen molar-refractivity contribution in [2.24, 2.45) is 0 Å². The average molecular weight is 309 g/mol. The number of halogens is 1. The van der Waals surface area contributed by atoms with Crippen molar-refractivity contribution in [3.63, 3.8) is 0 Å². The van der Waals surface area contributed by atoms with Gasteiger partial charge in [-0.1, -0.05) is 16.8 Å². The summed E-state index contributed by atoms with van der Waals surface area (Å²) in [6.45, 7) is 3.98. The summed E-state index contributed by atoms with van der Waals surface area (Å²) in [5.74, 6) is 0.708. The van der Waals surface area contributed by atoms with E-state index >= 15 is 0 Å². The van der Waals surface area contributed by atoms with E-state index in [9.17, 15) is 0 Å². The predicted molar refractivity (Wildman–Crippen MR) is 78.0 cm³/mol. The van der Waals surface area contributed by atoms with Gasteiger partial charge in [0.05, 0.1) is 28.0 Å². The second-order valence-electron chi connectivity index (χ2n) is 4.65. The number of rotatable bonds is 4. The van der Waals surface area contributed by atoms with Crippen LogP contribution >= 0.6 is 22.9 Å². The highest BCUT2D eigenvalue weighted by Crippen LogP contribution is 2.25. The largest absolute Gasteiger partial charge is 0.354 e. The van der Waals surface area contributed by atoms with Gasteiger partial charge in [-0.15, -0.1) is 11.3 Å². The molecule has 5 nitrogen and oxygen atoms in total. The van der Waals surface area contributed by atoms with Crippen LogP contribution in [0.3, 0.4) is 0 Å². The van der Waals surface area contributed by atoms with Crippen molar-refractivity contribution >= 4 is 22.9 Å². The van der Waals surface area contributed by atoms with E-state index in [4.69, 9.17) is 16.1 Å². The van der Waals surface area contributed by atoms with Crippen LogP contribution < -0.4 is 0 Å². The Balaban J connectivity index is 1.74. The fraction of sp³-hybridized carbons (Fsp3) is 0.308. The number of aryl methyl sites for hydroxylation is 1. The highest BCUT2D eigenvalue weighted by atomic mass is 35.5. The summed E-state index contributed by atoms with van der Waals surface area (Å²) in [5, 5.41) is 11.8. The van der Waals surface area contributed by atoms with E-state index in [1.165, 1.54) is 0 Å². The first kappa shape index (κ1) is 13.3. The molecule has 3 heterocycles. The predicted octanol–water partition coefficient (Wildman–Crippen LogP) is 3.76. The van der Waals surface area contributed by atoms with Crippen LogP contribution in [0.1, 0.15) is 23.7 Å². The van der Waals surface area contributed by atoms with E-state index < -0.39 is 0 Å². The Hall–Kier alpha value is -1.66. The Bertz CT molecular complexity index is 717. The van der Waals surface area contributed by atoms with Crippen LogP contribution in [0, 0.1) is 6.92 Å². The van der Waals surface area contributed by atoms with Gasteiger partial charge in [0.25, 0.3) is 0 Å². The Morgan fingerprint density at radius 1 is 1.50 bits per heavy atom. The number of hydrogen-bond donors (Lipinski definition) is 0. The minimum Gasteiger partial charge on any atom is -0.354 e. The molecule has 0 fully saturated rings. The summed E-state index contributed by atoms with van der Waals surface area (Å²) in [6, 6.07) is 2.09. The van der Waals surface area contributed by atoms with Crippen LogP contribution in [0.2, 0.25) is 5.02 Å². The van der Waals surface area contributed by atoms with Crippen molar-refractivity contribution in [1.82, 2.24) is 19.9 Å². The summed E-state index contributed by atoms with van der Waals surface area (Å²) in [7, 11) is 0. The molecule has 0 amide bonds. The van der Waals surface area contributed by atoms with Gasteiger partial charge in [-0.25, -0.2) is 4.98 Å². The molecular weight excluding hydrogens is 296 g/mol. The van der Waals surface area contributed by atoms with Gasteiger partial charge in [-0.2, -0.15) is 5.10 Å². The lowest BCUT2D eigenvalue weighted by Gasteiger charge is -2.09. The topological polar surface area (TPSA) is 56.7 Å². The van der Waals surface area contributed by atoms with Gasteiger partial charge in [0.2, 0.25) is 0 Å². The normalized spacial score (nSPS) is 12.8. The maximum Gasteiger partial charge on any atom is 0.186 e. The third kappa shape index (κ3) is 2.76. The third-order valence-corrected chi connectivity index (χ3v) is 3.99. The zero-order chi connectivity index (χ0) is 14.1. The number of thiazole rings is 1. The van der Waals surface area contributed by atoms with E-state index in [2.05, 4.69) is 22.2 Å². The Morgan fingerprint density at radius 3 is 3.00 bits per heavy atom. The maximum atomic E-state index is 5.88. The molecule has 104 valence electrons. The molecule has 3 aromatic heterocycles. The fourth-order valence-corrected chi connectivity index (χ4v) is 2.95. The lowest BCUT2D eigenvalue weighted by molar-refractivity contribution is 0.426. The summed E-state index contributed by atoms with van der Waals surface area (Å²) in [4.78, 5) is 4.58. The quantitative estimate of drug-likeness (QED) is 0.736. The van der Waals surface area contributed by atoms with E-state index in [-0.39, 0.29) is 6.04 Å². The molecule has 0 aliphatic rings. The molecule has 0 aliphatic carbocycles. The Labute approximate surface area is 125 Å². The summed E-state index contributed by atoms with van der Waals surface area (Å²) >= 11 is 7.49. The molecule has 0 bridgehead atoms. The Morgan fingerprint density at radius 2 is 2.35 bits per heavy atom. The van der Waals surface area contributed by atoms with Crippen molar-refractivity contribution < 1.29 is 4.52 Å². The van der Waals surface area contributed by atoms with E-state index in [0.717, 1.165) is 22.8 Å². The molecule has 7 heteroatoms. The van der Waals surface area contributed by atoms with E-state index in [1.807, 2.05) is 29.2 Å². The van der Waals surface area contributed by atoms with Crippen LogP contribution in [0.15, 0.2) is 28.4 Å². The molecule has 0 spiro atoms. The monoisotopic (exact) mass is 308 g/mol. The molecule has 3 rings (SSSR count).